The summed E-state index contributed by atoms with van der Waals surface area (Å²) in [7, 11) is 1.74. The lowest BCUT2D eigenvalue weighted by atomic mass is 10.3. The van der Waals surface area contributed by atoms with Crippen molar-refractivity contribution in [3.05, 3.63) is 17.4 Å². The minimum absolute atomic E-state index is 0.321. The predicted octanol–water partition coefficient (Wildman–Crippen LogP) is 1.36. The summed E-state index contributed by atoms with van der Waals surface area (Å²) in [5, 5.41) is 7.96. The van der Waals surface area contributed by atoms with Crippen LogP contribution in [0.3, 0.4) is 0 Å². The SMILES string of the molecule is COC1CCN(c2cnnc(Cl)c2)C1. The fourth-order valence-electron chi connectivity index (χ4n) is 1.66. The fraction of sp³-hybridized carbons (Fsp3) is 0.556. The zero-order chi connectivity index (χ0) is 9.97. The molecule has 0 bridgehead atoms. The molecule has 1 fully saturated rings. The van der Waals surface area contributed by atoms with Gasteiger partial charge in [0.05, 0.1) is 18.0 Å². The average molecular weight is 214 g/mol. The van der Waals surface area contributed by atoms with Crippen LogP contribution in [0.2, 0.25) is 5.15 Å². The lowest BCUT2D eigenvalue weighted by molar-refractivity contribution is 0.121. The maximum Gasteiger partial charge on any atom is 0.153 e. The molecule has 5 heteroatoms. The maximum atomic E-state index is 5.76. The highest BCUT2D eigenvalue weighted by Gasteiger charge is 2.22. The largest absolute Gasteiger partial charge is 0.380 e. The lowest BCUT2D eigenvalue weighted by Crippen LogP contribution is -2.22. The van der Waals surface area contributed by atoms with E-state index in [4.69, 9.17) is 16.3 Å². The number of nitrogens with zero attached hydrogens (tertiary/aromatic N) is 3. The van der Waals surface area contributed by atoms with Gasteiger partial charge < -0.3 is 9.64 Å². The summed E-state index contributed by atoms with van der Waals surface area (Å²) < 4.78 is 5.28. The van der Waals surface area contributed by atoms with Gasteiger partial charge in [0, 0.05) is 26.3 Å². The van der Waals surface area contributed by atoms with E-state index in [2.05, 4.69) is 15.1 Å². The molecule has 0 saturated carbocycles. The smallest absolute Gasteiger partial charge is 0.153 e. The molecule has 0 radical (unpaired) electrons. The number of rotatable bonds is 2. The highest BCUT2D eigenvalue weighted by atomic mass is 35.5. The van der Waals surface area contributed by atoms with Gasteiger partial charge in [-0.2, -0.15) is 5.10 Å². The second-order valence-corrected chi connectivity index (χ2v) is 3.72. The maximum absolute atomic E-state index is 5.76. The van der Waals surface area contributed by atoms with Crippen LogP contribution in [0.5, 0.6) is 0 Å². The van der Waals surface area contributed by atoms with Gasteiger partial charge in [0.1, 0.15) is 0 Å². The molecule has 1 atom stereocenters. The van der Waals surface area contributed by atoms with Crippen molar-refractivity contribution in [2.75, 3.05) is 25.1 Å². The first-order valence-electron chi connectivity index (χ1n) is 4.55. The Hall–Kier alpha value is -0.870. The summed E-state index contributed by atoms with van der Waals surface area (Å²) >= 11 is 5.76. The van der Waals surface area contributed by atoms with Crippen LogP contribution < -0.4 is 4.90 Å². The highest BCUT2D eigenvalue weighted by molar-refractivity contribution is 6.29. The van der Waals surface area contributed by atoms with E-state index in [1.54, 1.807) is 13.3 Å². The Morgan fingerprint density at radius 3 is 3.14 bits per heavy atom. The summed E-state index contributed by atoms with van der Waals surface area (Å²) in [4.78, 5) is 2.20. The van der Waals surface area contributed by atoms with Gasteiger partial charge in [0.2, 0.25) is 0 Å². The van der Waals surface area contributed by atoms with Crippen LogP contribution in [-0.4, -0.2) is 36.5 Å². The molecule has 0 amide bonds. The van der Waals surface area contributed by atoms with Gasteiger partial charge in [-0.25, -0.2) is 0 Å². The van der Waals surface area contributed by atoms with Gasteiger partial charge >= 0.3 is 0 Å². The van der Waals surface area contributed by atoms with E-state index in [0.717, 1.165) is 25.2 Å². The molecule has 1 saturated heterocycles. The Kier molecular flexibility index (Phi) is 2.84. The zero-order valence-corrected chi connectivity index (χ0v) is 8.74. The summed E-state index contributed by atoms with van der Waals surface area (Å²) in [6.07, 6.45) is 3.10. The molecule has 76 valence electrons. The van der Waals surface area contributed by atoms with Crippen molar-refractivity contribution < 1.29 is 4.74 Å². The molecule has 0 spiro atoms. The molecule has 0 N–H and O–H groups in total. The van der Waals surface area contributed by atoms with Crippen LogP contribution >= 0.6 is 11.6 Å². The number of ether oxygens (including phenoxy) is 1. The quantitative estimate of drug-likeness (QED) is 0.744. The summed E-state index contributed by atoms with van der Waals surface area (Å²) in [6.45, 7) is 1.89. The Bertz CT molecular complexity index is 321. The number of aromatic nitrogens is 2. The summed E-state index contributed by atoms with van der Waals surface area (Å²) in [6, 6.07) is 1.83. The number of halogens is 1. The molecule has 1 aliphatic heterocycles. The number of methoxy groups -OCH3 is 1. The first-order valence-corrected chi connectivity index (χ1v) is 4.93. The second kappa shape index (κ2) is 4.11. The molecule has 0 aromatic carbocycles. The van der Waals surface area contributed by atoms with E-state index < -0.39 is 0 Å². The van der Waals surface area contributed by atoms with E-state index >= 15 is 0 Å². The van der Waals surface area contributed by atoms with Gasteiger partial charge in [-0.3, -0.25) is 0 Å². The highest BCUT2D eigenvalue weighted by Crippen LogP contribution is 2.21. The lowest BCUT2D eigenvalue weighted by Gasteiger charge is -2.17. The van der Waals surface area contributed by atoms with E-state index in [-0.39, 0.29) is 0 Å². The van der Waals surface area contributed by atoms with Crippen LogP contribution in [0.25, 0.3) is 0 Å². The normalized spacial score (nSPS) is 21.6. The van der Waals surface area contributed by atoms with Crippen LogP contribution in [0.1, 0.15) is 6.42 Å². The molecule has 1 unspecified atom stereocenters. The van der Waals surface area contributed by atoms with Crippen LogP contribution in [-0.2, 0) is 4.74 Å². The third kappa shape index (κ3) is 1.96. The first kappa shape index (κ1) is 9.68. The Labute approximate surface area is 87.8 Å². The summed E-state index contributed by atoms with van der Waals surface area (Å²) in [5.74, 6) is 0. The Morgan fingerprint density at radius 1 is 1.64 bits per heavy atom. The van der Waals surface area contributed by atoms with E-state index in [0.29, 0.717) is 11.3 Å². The molecule has 2 heterocycles. The van der Waals surface area contributed by atoms with Gasteiger partial charge in [0.15, 0.2) is 5.15 Å². The molecule has 1 aromatic rings. The van der Waals surface area contributed by atoms with Crippen LogP contribution in [0.15, 0.2) is 12.3 Å². The molecule has 4 nitrogen and oxygen atoms in total. The molecular weight excluding hydrogens is 202 g/mol. The number of hydrogen-bond donors (Lipinski definition) is 0. The minimum Gasteiger partial charge on any atom is -0.380 e. The van der Waals surface area contributed by atoms with Gasteiger partial charge in [-0.15, -0.1) is 5.10 Å². The third-order valence-electron chi connectivity index (χ3n) is 2.45. The Morgan fingerprint density at radius 2 is 2.50 bits per heavy atom. The van der Waals surface area contributed by atoms with Crippen molar-refractivity contribution in [2.45, 2.75) is 12.5 Å². The van der Waals surface area contributed by atoms with Gasteiger partial charge in [-0.1, -0.05) is 11.6 Å². The van der Waals surface area contributed by atoms with Crippen molar-refractivity contribution in [1.82, 2.24) is 10.2 Å². The monoisotopic (exact) mass is 213 g/mol. The standard InChI is InChI=1S/C9H12ClN3O/c1-14-8-2-3-13(6-8)7-4-9(10)12-11-5-7/h4-5,8H,2-3,6H2,1H3. The number of hydrogen-bond acceptors (Lipinski definition) is 4. The molecule has 0 aliphatic carbocycles. The van der Waals surface area contributed by atoms with Crippen LogP contribution in [0.4, 0.5) is 5.69 Å². The zero-order valence-electron chi connectivity index (χ0n) is 7.98. The van der Waals surface area contributed by atoms with Crippen molar-refractivity contribution in [3.63, 3.8) is 0 Å². The predicted molar refractivity (Wildman–Crippen MR) is 54.7 cm³/mol. The third-order valence-corrected chi connectivity index (χ3v) is 2.64. The van der Waals surface area contributed by atoms with E-state index in [9.17, 15) is 0 Å². The minimum atomic E-state index is 0.321. The van der Waals surface area contributed by atoms with Crippen molar-refractivity contribution >= 4 is 17.3 Å². The topological polar surface area (TPSA) is 38.2 Å². The molecule has 2 rings (SSSR count). The fourth-order valence-corrected chi connectivity index (χ4v) is 1.81. The van der Waals surface area contributed by atoms with Gasteiger partial charge in [0.25, 0.3) is 0 Å². The summed E-state index contributed by atoms with van der Waals surface area (Å²) in [5.41, 5.74) is 1.02. The molecular formula is C9H12ClN3O. The first-order chi connectivity index (χ1) is 6.79. The van der Waals surface area contributed by atoms with Gasteiger partial charge in [-0.05, 0) is 6.42 Å². The van der Waals surface area contributed by atoms with Crippen molar-refractivity contribution in [3.8, 4) is 0 Å². The number of anilines is 1. The van der Waals surface area contributed by atoms with Crippen LogP contribution in [0, 0.1) is 0 Å². The van der Waals surface area contributed by atoms with Crippen molar-refractivity contribution in [1.29, 1.82) is 0 Å². The Balaban J connectivity index is 2.09. The van der Waals surface area contributed by atoms with E-state index in [1.807, 2.05) is 6.07 Å². The molecule has 1 aliphatic rings. The van der Waals surface area contributed by atoms with E-state index in [1.165, 1.54) is 0 Å². The molecule has 14 heavy (non-hydrogen) atoms. The second-order valence-electron chi connectivity index (χ2n) is 3.33. The van der Waals surface area contributed by atoms with Crippen molar-refractivity contribution in [2.24, 2.45) is 0 Å². The average Bonchev–Trinajstić information content (AvgIpc) is 2.66. The molecule has 1 aromatic heterocycles.